The van der Waals surface area contributed by atoms with E-state index in [4.69, 9.17) is 18.9 Å². The average molecular weight is 394 g/mol. The molecule has 1 aliphatic rings. The Morgan fingerprint density at radius 2 is 1.07 bits per heavy atom. The van der Waals surface area contributed by atoms with Gasteiger partial charge in [-0.3, -0.25) is 4.79 Å². The van der Waals surface area contributed by atoms with Crippen LogP contribution in [0.5, 0.6) is 23.0 Å². The number of carbonyl (C=O) groups excluding carboxylic acids is 1. The van der Waals surface area contributed by atoms with Crippen LogP contribution in [0.4, 0.5) is 0 Å². The van der Waals surface area contributed by atoms with Gasteiger partial charge >= 0.3 is 0 Å². The third-order valence-corrected chi connectivity index (χ3v) is 4.97. The lowest BCUT2D eigenvalue weighted by Gasteiger charge is -2.17. The maximum Gasteiger partial charge on any atom is 0.185 e. The van der Waals surface area contributed by atoms with Gasteiger partial charge in [-0.15, -0.1) is 0 Å². The Morgan fingerprint density at radius 1 is 0.655 bits per heavy atom. The molecule has 0 bridgehead atoms. The molecule has 0 amide bonds. The van der Waals surface area contributed by atoms with Gasteiger partial charge in [0.2, 0.25) is 0 Å². The molecule has 2 aromatic carbocycles. The topological polar surface area (TPSA) is 54.0 Å². The molecule has 3 rings (SSSR count). The van der Waals surface area contributed by atoms with Gasteiger partial charge in [-0.1, -0.05) is 12.1 Å². The summed E-state index contributed by atoms with van der Waals surface area (Å²) in [4.78, 5) is 13.0. The van der Waals surface area contributed by atoms with Crippen molar-refractivity contribution in [2.45, 2.75) is 19.3 Å². The lowest BCUT2D eigenvalue weighted by atomic mass is 9.87. The van der Waals surface area contributed by atoms with Gasteiger partial charge in [-0.2, -0.15) is 0 Å². The van der Waals surface area contributed by atoms with Gasteiger partial charge in [-0.05, 0) is 66.8 Å². The molecule has 0 heterocycles. The minimum absolute atomic E-state index is 0.0841. The molecule has 152 valence electrons. The van der Waals surface area contributed by atoms with Gasteiger partial charge in [-0.25, -0.2) is 0 Å². The number of ether oxygens (including phenoxy) is 4. The van der Waals surface area contributed by atoms with Crippen molar-refractivity contribution in [3.63, 3.8) is 0 Å². The highest BCUT2D eigenvalue weighted by Gasteiger charge is 2.21. The van der Waals surface area contributed by atoms with Gasteiger partial charge in [0.15, 0.2) is 28.8 Å². The molecule has 2 aromatic rings. The van der Waals surface area contributed by atoms with Gasteiger partial charge in [0.1, 0.15) is 0 Å². The van der Waals surface area contributed by atoms with E-state index >= 15 is 0 Å². The van der Waals surface area contributed by atoms with Gasteiger partial charge in [0.05, 0.1) is 28.4 Å². The molecule has 0 N–H and O–H groups in total. The van der Waals surface area contributed by atoms with Crippen LogP contribution in [0.1, 0.15) is 30.4 Å². The van der Waals surface area contributed by atoms with Crippen molar-refractivity contribution in [3.05, 3.63) is 58.7 Å². The predicted octanol–water partition coefficient (Wildman–Crippen LogP) is 4.94. The molecule has 0 spiro atoms. The summed E-state index contributed by atoms with van der Waals surface area (Å²) in [6, 6.07) is 11.3. The molecule has 0 aromatic heterocycles. The van der Waals surface area contributed by atoms with E-state index in [0.717, 1.165) is 41.5 Å². The van der Waals surface area contributed by atoms with Crippen LogP contribution in [-0.2, 0) is 4.79 Å². The lowest BCUT2D eigenvalue weighted by molar-refractivity contribution is -0.112. The minimum Gasteiger partial charge on any atom is -0.493 e. The van der Waals surface area contributed by atoms with Crippen molar-refractivity contribution in [2.75, 3.05) is 28.4 Å². The molecule has 1 saturated carbocycles. The molecule has 0 unspecified atom stereocenters. The van der Waals surface area contributed by atoms with Crippen LogP contribution in [0.15, 0.2) is 47.5 Å². The Hall–Kier alpha value is -3.21. The highest BCUT2D eigenvalue weighted by Crippen LogP contribution is 2.33. The molecule has 1 aliphatic carbocycles. The first-order valence-electron chi connectivity index (χ1n) is 9.49. The molecular weight excluding hydrogens is 368 g/mol. The monoisotopic (exact) mass is 394 g/mol. The fourth-order valence-corrected chi connectivity index (χ4v) is 3.47. The zero-order valence-electron chi connectivity index (χ0n) is 17.3. The number of benzene rings is 2. The van der Waals surface area contributed by atoms with E-state index in [1.165, 1.54) is 0 Å². The van der Waals surface area contributed by atoms with Crippen molar-refractivity contribution in [2.24, 2.45) is 0 Å². The van der Waals surface area contributed by atoms with Crippen LogP contribution in [0.3, 0.4) is 0 Å². The minimum atomic E-state index is 0.0841. The number of rotatable bonds is 6. The van der Waals surface area contributed by atoms with Crippen LogP contribution < -0.4 is 18.9 Å². The number of allylic oxidation sites excluding steroid dienone is 2. The summed E-state index contributed by atoms with van der Waals surface area (Å²) >= 11 is 0. The molecule has 0 radical (unpaired) electrons. The van der Waals surface area contributed by atoms with Gasteiger partial charge in [0, 0.05) is 11.1 Å². The van der Waals surface area contributed by atoms with E-state index in [0.29, 0.717) is 23.0 Å². The number of methoxy groups -OCH3 is 4. The van der Waals surface area contributed by atoms with Crippen molar-refractivity contribution in [1.29, 1.82) is 0 Å². The smallest absolute Gasteiger partial charge is 0.185 e. The van der Waals surface area contributed by atoms with E-state index in [-0.39, 0.29) is 5.78 Å². The normalized spacial score (nSPS) is 16.8. The van der Waals surface area contributed by atoms with Crippen LogP contribution >= 0.6 is 0 Å². The Labute approximate surface area is 171 Å². The highest BCUT2D eigenvalue weighted by atomic mass is 16.5. The molecule has 29 heavy (non-hydrogen) atoms. The Morgan fingerprint density at radius 3 is 1.45 bits per heavy atom. The lowest BCUT2D eigenvalue weighted by Crippen LogP contribution is -2.12. The highest BCUT2D eigenvalue weighted by molar-refractivity contribution is 6.14. The maximum absolute atomic E-state index is 13.0. The summed E-state index contributed by atoms with van der Waals surface area (Å²) in [7, 11) is 6.41. The standard InChI is InChI=1S/C24H26O5/c1-26-20-10-8-16(14-22(20)28-3)12-18-6-5-7-19(24(18)25)13-17-9-11-21(27-2)23(15-17)29-4/h8-15H,5-7H2,1-4H3/b18-12-,19-13-. The molecular formula is C24H26O5. The first-order chi connectivity index (χ1) is 14.1. The van der Waals surface area contributed by atoms with Crippen LogP contribution in [0.2, 0.25) is 0 Å². The van der Waals surface area contributed by atoms with Gasteiger partial charge in [0.25, 0.3) is 0 Å². The Balaban J connectivity index is 1.89. The Bertz CT molecular complexity index is 880. The number of hydrogen-bond acceptors (Lipinski definition) is 5. The van der Waals surface area contributed by atoms with Crippen molar-refractivity contribution >= 4 is 17.9 Å². The van der Waals surface area contributed by atoms with E-state index in [1.54, 1.807) is 28.4 Å². The largest absolute Gasteiger partial charge is 0.493 e. The second-order valence-electron chi connectivity index (χ2n) is 6.75. The van der Waals surface area contributed by atoms with Crippen molar-refractivity contribution < 1.29 is 23.7 Å². The average Bonchev–Trinajstić information content (AvgIpc) is 2.76. The van der Waals surface area contributed by atoms with Crippen molar-refractivity contribution in [1.82, 2.24) is 0 Å². The first-order valence-corrected chi connectivity index (χ1v) is 9.49. The quantitative estimate of drug-likeness (QED) is 0.650. The third-order valence-electron chi connectivity index (χ3n) is 4.97. The number of hydrogen-bond donors (Lipinski definition) is 0. The molecule has 5 nitrogen and oxygen atoms in total. The molecule has 1 fully saturated rings. The summed E-state index contributed by atoms with van der Waals surface area (Å²) in [6.07, 6.45) is 6.33. The molecule has 5 heteroatoms. The second kappa shape index (κ2) is 9.32. The molecule has 0 aliphatic heterocycles. The first kappa shape index (κ1) is 20.5. The fourth-order valence-electron chi connectivity index (χ4n) is 3.47. The van der Waals surface area contributed by atoms with E-state index in [9.17, 15) is 4.79 Å². The van der Waals surface area contributed by atoms with Crippen molar-refractivity contribution in [3.8, 4) is 23.0 Å². The van der Waals surface area contributed by atoms with E-state index in [1.807, 2.05) is 48.6 Å². The Kier molecular flexibility index (Phi) is 6.60. The van der Waals surface area contributed by atoms with Gasteiger partial charge < -0.3 is 18.9 Å². The molecule has 0 saturated heterocycles. The maximum atomic E-state index is 13.0. The van der Waals surface area contributed by atoms with Crippen LogP contribution in [-0.4, -0.2) is 34.2 Å². The second-order valence-corrected chi connectivity index (χ2v) is 6.75. The van der Waals surface area contributed by atoms with Crippen LogP contribution in [0, 0.1) is 0 Å². The zero-order valence-corrected chi connectivity index (χ0v) is 17.3. The summed E-state index contributed by atoms with van der Waals surface area (Å²) in [5, 5.41) is 0. The SMILES string of the molecule is COc1ccc(/C=C2/CCC/C(=C/c3ccc(OC)c(OC)c3)C2=O)cc1OC. The zero-order chi connectivity index (χ0) is 20.8. The third kappa shape index (κ3) is 4.62. The van der Waals surface area contributed by atoms with Crippen LogP contribution in [0.25, 0.3) is 12.2 Å². The number of ketones is 1. The fraction of sp³-hybridized carbons (Fsp3) is 0.292. The predicted molar refractivity (Wildman–Crippen MR) is 114 cm³/mol. The summed E-state index contributed by atoms with van der Waals surface area (Å²) in [5.41, 5.74) is 3.43. The number of Topliss-reactive ketones (excluding diaryl/α,β-unsaturated/α-hetero) is 1. The summed E-state index contributed by atoms with van der Waals surface area (Å²) < 4.78 is 21.3. The summed E-state index contributed by atoms with van der Waals surface area (Å²) in [5.74, 6) is 2.70. The molecule has 0 atom stereocenters. The summed E-state index contributed by atoms with van der Waals surface area (Å²) in [6.45, 7) is 0. The number of carbonyl (C=O) groups is 1. The van der Waals surface area contributed by atoms with E-state index < -0.39 is 0 Å². The van der Waals surface area contributed by atoms with E-state index in [2.05, 4.69) is 0 Å².